The number of aromatic nitrogens is 2. The molecular weight excluding hydrogens is 432 g/mol. The van der Waals surface area contributed by atoms with Gasteiger partial charge in [-0.3, -0.25) is 14.3 Å². The fourth-order valence-electron chi connectivity index (χ4n) is 3.39. The smallest absolute Gasteiger partial charge is 0.244 e. The molecule has 2 aromatic heterocycles. The summed E-state index contributed by atoms with van der Waals surface area (Å²) in [7, 11) is 0. The number of carbonyl (C=O) groups excluding carboxylic acids is 2. The van der Waals surface area contributed by atoms with Crippen LogP contribution in [0.3, 0.4) is 0 Å². The minimum atomic E-state index is -0.201. The quantitative estimate of drug-likeness (QED) is 0.369. The Labute approximate surface area is 196 Å². The molecule has 0 radical (unpaired) electrons. The molecule has 4 aromatic rings. The van der Waals surface area contributed by atoms with E-state index in [1.807, 2.05) is 70.9 Å². The highest BCUT2D eigenvalue weighted by atomic mass is 32.1. The highest BCUT2D eigenvalue weighted by Gasteiger charge is 2.11. The van der Waals surface area contributed by atoms with E-state index in [9.17, 15) is 9.59 Å². The van der Waals surface area contributed by atoms with Crippen LogP contribution in [0.4, 0.5) is 5.69 Å². The second-order valence-corrected chi connectivity index (χ2v) is 8.47. The lowest BCUT2D eigenvalue weighted by Gasteiger charge is -2.06. The van der Waals surface area contributed by atoms with Crippen LogP contribution in [0, 0.1) is 0 Å². The average molecular weight is 457 g/mol. The van der Waals surface area contributed by atoms with Crippen LogP contribution in [-0.4, -0.2) is 21.6 Å². The van der Waals surface area contributed by atoms with E-state index in [1.165, 1.54) is 13.0 Å². The van der Waals surface area contributed by atoms with Crippen LogP contribution in [-0.2, 0) is 22.7 Å². The summed E-state index contributed by atoms with van der Waals surface area (Å²) in [6, 6.07) is 21.6. The van der Waals surface area contributed by atoms with Crippen molar-refractivity contribution in [3.05, 3.63) is 101 Å². The van der Waals surface area contributed by atoms with Gasteiger partial charge in [-0.2, -0.15) is 5.10 Å². The molecule has 2 heterocycles. The van der Waals surface area contributed by atoms with Gasteiger partial charge >= 0.3 is 0 Å². The maximum absolute atomic E-state index is 12.5. The zero-order valence-electron chi connectivity index (χ0n) is 18.2. The van der Waals surface area contributed by atoms with Gasteiger partial charge in [-0.1, -0.05) is 48.5 Å². The maximum atomic E-state index is 12.5. The van der Waals surface area contributed by atoms with Gasteiger partial charge in [-0.15, -0.1) is 11.3 Å². The van der Waals surface area contributed by atoms with Gasteiger partial charge in [0.05, 0.1) is 11.4 Å². The average Bonchev–Trinajstić information content (AvgIpc) is 3.47. The number of hydrogen-bond acceptors (Lipinski definition) is 4. The van der Waals surface area contributed by atoms with Crippen molar-refractivity contribution < 1.29 is 9.59 Å². The lowest BCUT2D eigenvalue weighted by molar-refractivity contribution is -0.116. The zero-order chi connectivity index (χ0) is 23.0. The van der Waals surface area contributed by atoms with Gasteiger partial charge in [0.2, 0.25) is 11.8 Å². The number of hydrogen-bond donors (Lipinski definition) is 2. The molecular formula is C26H24N4O2S. The number of benzene rings is 2. The summed E-state index contributed by atoms with van der Waals surface area (Å²) in [6.07, 6.45) is 5.29. The van der Waals surface area contributed by atoms with E-state index in [-0.39, 0.29) is 11.8 Å². The summed E-state index contributed by atoms with van der Waals surface area (Å²) in [6.45, 7) is 2.48. The number of rotatable bonds is 8. The van der Waals surface area contributed by atoms with Crippen molar-refractivity contribution in [1.29, 1.82) is 0 Å². The van der Waals surface area contributed by atoms with E-state index in [0.29, 0.717) is 18.8 Å². The largest absolute Gasteiger partial charge is 0.348 e. The van der Waals surface area contributed by atoms with Crippen LogP contribution < -0.4 is 10.6 Å². The van der Waals surface area contributed by atoms with Gasteiger partial charge in [0, 0.05) is 37.0 Å². The second kappa shape index (κ2) is 10.6. The minimum absolute atomic E-state index is 0.131. The van der Waals surface area contributed by atoms with E-state index in [1.54, 1.807) is 17.4 Å². The normalized spacial score (nSPS) is 10.9. The van der Waals surface area contributed by atoms with Crippen LogP contribution >= 0.6 is 11.3 Å². The zero-order valence-corrected chi connectivity index (χ0v) is 19.0. The lowest BCUT2D eigenvalue weighted by Crippen LogP contribution is -2.20. The van der Waals surface area contributed by atoms with Crippen molar-refractivity contribution in [2.45, 2.75) is 20.0 Å². The molecule has 0 aliphatic rings. The van der Waals surface area contributed by atoms with E-state index in [2.05, 4.69) is 22.8 Å². The number of anilines is 1. The first kappa shape index (κ1) is 22.2. The molecule has 166 valence electrons. The predicted molar refractivity (Wildman–Crippen MR) is 133 cm³/mol. The third-order valence-electron chi connectivity index (χ3n) is 4.86. The summed E-state index contributed by atoms with van der Waals surface area (Å²) in [4.78, 5) is 24.7. The Hall–Kier alpha value is -3.97. The molecule has 0 spiro atoms. The summed E-state index contributed by atoms with van der Waals surface area (Å²) in [5.74, 6) is -0.332. The van der Waals surface area contributed by atoms with Crippen molar-refractivity contribution in [2.24, 2.45) is 0 Å². The number of amides is 2. The molecule has 0 atom stereocenters. The Bertz CT molecular complexity index is 1260. The molecule has 33 heavy (non-hydrogen) atoms. The Kier molecular flexibility index (Phi) is 7.12. The number of nitrogens with zero attached hydrogens (tertiary/aromatic N) is 2. The molecule has 4 rings (SSSR count). The molecule has 0 fully saturated rings. The van der Waals surface area contributed by atoms with Gasteiger partial charge in [0.1, 0.15) is 5.69 Å². The van der Waals surface area contributed by atoms with Crippen molar-refractivity contribution >= 4 is 34.9 Å². The Morgan fingerprint density at radius 2 is 1.85 bits per heavy atom. The Morgan fingerprint density at radius 3 is 2.61 bits per heavy atom. The highest BCUT2D eigenvalue weighted by molar-refractivity contribution is 7.13. The molecule has 2 aromatic carbocycles. The van der Waals surface area contributed by atoms with Crippen molar-refractivity contribution in [2.75, 3.05) is 5.32 Å². The molecule has 7 heteroatoms. The third kappa shape index (κ3) is 6.27. The standard InChI is InChI=1S/C26H24N4O2S/c1-19(31)28-23-10-5-9-21(15-23)16-27-25(32)13-12-22-18-30(17-20-7-3-2-4-8-20)29-26(22)24-11-6-14-33-24/h2-15,18H,16-17H2,1H3,(H,27,32)(H,28,31)/b13-12+. The first-order chi connectivity index (χ1) is 16.1. The molecule has 0 aliphatic carbocycles. The predicted octanol–water partition coefficient (Wildman–Crippen LogP) is 4.95. The monoisotopic (exact) mass is 456 g/mol. The number of carbonyl (C=O) groups is 2. The van der Waals surface area contributed by atoms with E-state index in [4.69, 9.17) is 5.10 Å². The van der Waals surface area contributed by atoms with E-state index in [0.717, 1.165) is 27.3 Å². The minimum Gasteiger partial charge on any atom is -0.348 e. The first-order valence-electron chi connectivity index (χ1n) is 10.5. The second-order valence-electron chi connectivity index (χ2n) is 7.53. The van der Waals surface area contributed by atoms with Gasteiger partial charge in [0.15, 0.2) is 0 Å². The molecule has 0 unspecified atom stereocenters. The van der Waals surface area contributed by atoms with E-state index < -0.39 is 0 Å². The summed E-state index contributed by atoms with van der Waals surface area (Å²) in [5.41, 5.74) is 4.51. The van der Waals surface area contributed by atoms with Gasteiger partial charge < -0.3 is 10.6 Å². The molecule has 0 aliphatic heterocycles. The fourth-order valence-corrected chi connectivity index (χ4v) is 4.12. The van der Waals surface area contributed by atoms with Crippen LogP contribution in [0.15, 0.2) is 84.4 Å². The van der Waals surface area contributed by atoms with Crippen molar-refractivity contribution in [3.8, 4) is 10.6 Å². The summed E-state index contributed by atoms with van der Waals surface area (Å²) >= 11 is 1.62. The lowest BCUT2D eigenvalue weighted by atomic mass is 10.2. The van der Waals surface area contributed by atoms with Crippen LogP contribution in [0.5, 0.6) is 0 Å². The topological polar surface area (TPSA) is 76.0 Å². The summed E-state index contributed by atoms with van der Waals surface area (Å²) in [5, 5.41) is 12.4. The molecule has 0 saturated heterocycles. The summed E-state index contributed by atoms with van der Waals surface area (Å²) < 4.78 is 1.90. The fraction of sp³-hybridized carbons (Fsp3) is 0.115. The van der Waals surface area contributed by atoms with Gasteiger partial charge in [-0.05, 0) is 40.8 Å². The van der Waals surface area contributed by atoms with E-state index >= 15 is 0 Å². The third-order valence-corrected chi connectivity index (χ3v) is 5.74. The Balaban J connectivity index is 1.45. The van der Waals surface area contributed by atoms with Crippen LogP contribution in [0.2, 0.25) is 0 Å². The SMILES string of the molecule is CC(=O)Nc1cccc(CNC(=O)/C=C/c2cn(Cc3ccccc3)nc2-c2cccs2)c1. The van der Waals surface area contributed by atoms with Crippen LogP contribution in [0.1, 0.15) is 23.6 Å². The molecule has 2 N–H and O–H groups in total. The van der Waals surface area contributed by atoms with Crippen molar-refractivity contribution in [1.82, 2.24) is 15.1 Å². The maximum Gasteiger partial charge on any atom is 0.244 e. The molecule has 6 nitrogen and oxygen atoms in total. The van der Waals surface area contributed by atoms with Gasteiger partial charge in [0.25, 0.3) is 0 Å². The molecule has 2 amide bonds. The first-order valence-corrected chi connectivity index (χ1v) is 11.4. The van der Waals surface area contributed by atoms with Gasteiger partial charge in [-0.25, -0.2) is 0 Å². The van der Waals surface area contributed by atoms with Crippen LogP contribution in [0.25, 0.3) is 16.6 Å². The number of thiophene rings is 1. The number of nitrogens with one attached hydrogen (secondary N) is 2. The molecule has 0 bridgehead atoms. The molecule has 0 saturated carbocycles. The Morgan fingerprint density at radius 1 is 1.03 bits per heavy atom. The highest BCUT2D eigenvalue weighted by Crippen LogP contribution is 2.27. The van der Waals surface area contributed by atoms with Crippen molar-refractivity contribution in [3.63, 3.8) is 0 Å².